The van der Waals surface area contributed by atoms with Gasteiger partial charge in [0.05, 0.1) is 0 Å². The summed E-state index contributed by atoms with van der Waals surface area (Å²) < 4.78 is 13.0. The summed E-state index contributed by atoms with van der Waals surface area (Å²) in [5.74, 6) is -0.210. The van der Waals surface area contributed by atoms with Crippen LogP contribution in [0.15, 0.2) is 24.3 Å². The van der Waals surface area contributed by atoms with E-state index in [2.05, 4.69) is 4.90 Å². The molecule has 1 fully saturated rings. The third-order valence-electron chi connectivity index (χ3n) is 2.98. The average Bonchev–Trinajstić information content (AvgIpc) is 2.29. The summed E-state index contributed by atoms with van der Waals surface area (Å²) >= 11 is 0. The molecule has 0 aliphatic carbocycles. The van der Waals surface area contributed by atoms with Crippen LogP contribution in [0.5, 0.6) is 0 Å². The first-order valence-electron chi connectivity index (χ1n) is 5.66. The molecule has 0 spiro atoms. The van der Waals surface area contributed by atoms with E-state index in [-0.39, 0.29) is 11.8 Å². The molecule has 1 aromatic carbocycles. The summed E-state index contributed by atoms with van der Waals surface area (Å²) in [5, 5.41) is 0. The Bertz CT molecular complexity index is 402. The number of piperazine rings is 1. The van der Waals surface area contributed by atoms with Gasteiger partial charge in [-0.1, -0.05) is 12.1 Å². The first-order valence-corrected chi connectivity index (χ1v) is 5.66. The van der Waals surface area contributed by atoms with Crippen LogP contribution in [0.2, 0.25) is 0 Å². The zero-order chi connectivity index (χ0) is 12.3. The topological polar surface area (TPSA) is 49.6 Å². The maximum absolute atomic E-state index is 13.0. The number of rotatable bonds is 2. The van der Waals surface area contributed by atoms with E-state index < -0.39 is 0 Å². The lowest BCUT2D eigenvalue weighted by Crippen LogP contribution is -2.50. The summed E-state index contributed by atoms with van der Waals surface area (Å²) in [4.78, 5) is 14.8. The maximum atomic E-state index is 13.0. The van der Waals surface area contributed by atoms with Gasteiger partial charge in [-0.3, -0.25) is 4.90 Å². The normalized spacial score (nSPS) is 17.1. The molecule has 0 radical (unpaired) electrons. The molecule has 0 aromatic heterocycles. The third-order valence-corrected chi connectivity index (χ3v) is 2.98. The molecule has 2 rings (SSSR count). The van der Waals surface area contributed by atoms with Gasteiger partial charge in [0, 0.05) is 32.7 Å². The second-order valence-electron chi connectivity index (χ2n) is 4.23. The van der Waals surface area contributed by atoms with Crippen molar-refractivity contribution >= 4 is 6.03 Å². The Morgan fingerprint density at radius 3 is 2.59 bits per heavy atom. The van der Waals surface area contributed by atoms with Crippen molar-refractivity contribution < 1.29 is 9.18 Å². The van der Waals surface area contributed by atoms with Crippen molar-refractivity contribution in [3.8, 4) is 0 Å². The Morgan fingerprint density at radius 2 is 2.00 bits per heavy atom. The highest BCUT2D eigenvalue weighted by Gasteiger charge is 2.18. The van der Waals surface area contributed by atoms with E-state index in [1.807, 2.05) is 6.07 Å². The van der Waals surface area contributed by atoms with Gasteiger partial charge in [-0.25, -0.2) is 9.18 Å². The van der Waals surface area contributed by atoms with Gasteiger partial charge in [-0.2, -0.15) is 0 Å². The number of urea groups is 1. The zero-order valence-corrected chi connectivity index (χ0v) is 9.60. The number of benzene rings is 1. The Kier molecular flexibility index (Phi) is 3.58. The number of carbonyl (C=O) groups excluding carboxylic acids is 1. The first kappa shape index (κ1) is 11.9. The van der Waals surface area contributed by atoms with Crippen molar-refractivity contribution in [3.63, 3.8) is 0 Å². The molecule has 0 unspecified atom stereocenters. The first-order chi connectivity index (χ1) is 8.15. The number of hydrogen-bond acceptors (Lipinski definition) is 2. The molecule has 2 amide bonds. The van der Waals surface area contributed by atoms with Gasteiger partial charge < -0.3 is 10.6 Å². The summed E-state index contributed by atoms with van der Waals surface area (Å²) in [6.07, 6.45) is 0. The van der Waals surface area contributed by atoms with Crippen LogP contribution in [0.3, 0.4) is 0 Å². The molecule has 17 heavy (non-hydrogen) atoms. The highest BCUT2D eigenvalue weighted by atomic mass is 19.1. The van der Waals surface area contributed by atoms with E-state index in [1.165, 1.54) is 6.07 Å². The molecular weight excluding hydrogens is 221 g/mol. The molecule has 0 saturated carbocycles. The van der Waals surface area contributed by atoms with Gasteiger partial charge in [0.25, 0.3) is 0 Å². The predicted octanol–water partition coefficient (Wildman–Crippen LogP) is 1.02. The number of halogens is 1. The molecule has 0 atom stereocenters. The minimum absolute atomic E-state index is 0.210. The molecule has 1 aliphatic heterocycles. The van der Waals surface area contributed by atoms with Gasteiger partial charge in [0.2, 0.25) is 0 Å². The lowest BCUT2D eigenvalue weighted by molar-refractivity contribution is 0.140. The largest absolute Gasteiger partial charge is 0.351 e. The molecule has 0 bridgehead atoms. The number of hydrogen-bond donors (Lipinski definition) is 1. The number of amides is 2. The monoisotopic (exact) mass is 237 g/mol. The molecular formula is C12H16FN3O. The fourth-order valence-electron chi connectivity index (χ4n) is 2.02. The fraction of sp³-hybridized carbons (Fsp3) is 0.417. The van der Waals surface area contributed by atoms with Crippen molar-refractivity contribution in [2.75, 3.05) is 26.2 Å². The molecule has 4 nitrogen and oxygen atoms in total. The van der Waals surface area contributed by atoms with Crippen LogP contribution in [0.4, 0.5) is 9.18 Å². The third kappa shape index (κ3) is 3.17. The molecule has 2 N–H and O–H groups in total. The van der Waals surface area contributed by atoms with Crippen molar-refractivity contribution in [1.82, 2.24) is 9.80 Å². The standard InChI is InChI=1S/C12H16FN3O/c13-11-3-1-2-10(8-11)9-15-4-6-16(7-5-15)12(14)17/h1-3,8H,4-7,9H2,(H2,14,17). The summed E-state index contributed by atoms with van der Waals surface area (Å²) in [6.45, 7) is 3.55. The Labute approximate surface area is 99.8 Å². The Balaban J connectivity index is 1.88. The smallest absolute Gasteiger partial charge is 0.314 e. The molecule has 5 heteroatoms. The fourth-order valence-corrected chi connectivity index (χ4v) is 2.02. The molecule has 92 valence electrons. The van der Waals surface area contributed by atoms with Gasteiger partial charge in [0.15, 0.2) is 0 Å². The lowest BCUT2D eigenvalue weighted by atomic mass is 10.2. The molecule has 1 heterocycles. The number of carbonyl (C=O) groups is 1. The van der Waals surface area contributed by atoms with Crippen LogP contribution in [-0.2, 0) is 6.54 Å². The minimum atomic E-state index is -0.365. The van der Waals surface area contributed by atoms with Crippen LogP contribution in [-0.4, -0.2) is 42.0 Å². The summed E-state index contributed by atoms with van der Waals surface area (Å²) in [5.41, 5.74) is 6.16. The van der Waals surface area contributed by atoms with Crippen LogP contribution in [0.25, 0.3) is 0 Å². The molecule has 1 aliphatic rings. The quantitative estimate of drug-likeness (QED) is 0.835. The van der Waals surface area contributed by atoms with Gasteiger partial charge in [-0.05, 0) is 17.7 Å². The highest BCUT2D eigenvalue weighted by Crippen LogP contribution is 2.09. The van der Waals surface area contributed by atoms with Crippen LogP contribution >= 0.6 is 0 Å². The van der Waals surface area contributed by atoms with Gasteiger partial charge in [0.1, 0.15) is 5.82 Å². The average molecular weight is 237 g/mol. The number of nitrogens with zero attached hydrogens (tertiary/aromatic N) is 2. The summed E-state index contributed by atoms with van der Waals surface area (Å²) in [6, 6.07) is 6.23. The van der Waals surface area contributed by atoms with E-state index in [0.29, 0.717) is 19.6 Å². The second-order valence-corrected chi connectivity index (χ2v) is 4.23. The second kappa shape index (κ2) is 5.14. The van der Waals surface area contributed by atoms with Crippen molar-refractivity contribution in [1.29, 1.82) is 0 Å². The summed E-state index contributed by atoms with van der Waals surface area (Å²) in [7, 11) is 0. The van der Waals surface area contributed by atoms with E-state index >= 15 is 0 Å². The Hall–Kier alpha value is -1.62. The van der Waals surface area contributed by atoms with Crippen LogP contribution in [0.1, 0.15) is 5.56 Å². The molecule has 1 aromatic rings. The number of primary amides is 1. The van der Waals surface area contributed by atoms with E-state index in [0.717, 1.165) is 18.7 Å². The lowest BCUT2D eigenvalue weighted by Gasteiger charge is -2.33. The molecule has 1 saturated heterocycles. The van der Waals surface area contributed by atoms with Crippen molar-refractivity contribution in [3.05, 3.63) is 35.6 Å². The van der Waals surface area contributed by atoms with E-state index in [1.54, 1.807) is 17.0 Å². The minimum Gasteiger partial charge on any atom is -0.351 e. The van der Waals surface area contributed by atoms with E-state index in [4.69, 9.17) is 5.73 Å². The highest BCUT2D eigenvalue weighted by molar-refractivity contribution is 5.72. The van der Waals surface area contributed by atoms with Crippen molar-refractivity contribution in [2.45, 2.75) is 6.54 Å². The van der Waals surface area contributed by atoms with Crippen molar-refractivity contribution in [2.24, 2.45) is 5.73 Å². The SMILES string of the molecule is NC(=O)N1CCN(Cc2cccc(F)c2)CC1. The maximum Gasteiger partial charge on any atom is 0.314 e. The van der Waals surface area contributed by atoms with Gasteiger partial charge >= 0.3 is 6.03 Å². The van der Waals surface area contributed by atoms with E-state index in [9.17, 15) is 9.18 Å². The van der Waals surface area contributed by atoms with Gasteiger partial charge in [-0.15, -0.1) is 0 Å². The van der Waals surface area contributed by atoms with Crippen LogP contribution < -0.4 is 5.73 Å². The predicted molar refractivity (Wildman–Crippen MR) is 62.8 cm³/mol. The number of nitrogens with two attached hydrogens (primary N) is 1. The Morgan fingerprint density at radius 1 is 1.29 bits per heavy atom. The van der Waals surface area contributed by atoms with Crippen LogP contribution in [0, 0.1) is 5.82 Å². The zero-order valence-electron chi connectivity index (χ0n) is 9.60.